The van der Waals surface area contributed by atoms with Crippen molar-refractivity contribution in [2.24, 2.45) is 5.73 Å². The highest BCUT2D eigenvalue weighted by molar-refractivity contribution is 4.74. The molecule has 0 radical (unpaired) electrons. The molecular weight excluding hydrogens is 116 g/mol. The van der Waals surface area contributed by atoms with Gasteiger partial charge in [-0.3, -0.25) is 0 Å². The van der Waals surface area contributed by atoms with Crippen molar-refractivity contribution in [1.29, 1.82) is 0 Å². The molecule has 0 aromatic heterocycles. The molecule has 1 saturated heterocycles. The van der Waals surface area contributed by atoms with Gasteiger partial charge < -0.3 is 15.7 Å². The van der Waals surface area contributed by atoms with Crippen molar-refractivity contribution in [1.82, 2.24) is 4.90 Å². The fourth-order valence-corrected chi connectivity index (χ4v) is 0.969. The standard InChI is InChI=1S/C5H12N2.CH4O/c1-7-3-2-5(6)4-7;1-2/h5H,2-4,6H2,1H3;2H,1H3. The molecule has 3 nitrogen and oxygen atoms in total. The van der Waals surface area contributed by atoms with Crippen LogP contribution in [0.5, 0.6) is 0 Å². The smallest absolute Gasteiger partial charge is 0.0319 e. The first kappa shape index (κ1) is 8.88. The van der Waals surface area contributed by atoms with Crippen molar-refractivity contribution in [3.63, 3.8) is 0 Å². The summed E-state index contributed by atoms with van der Waals surface area (Å²) in [5, 5.41) is 7.00. The van der Waals surface area contributed by atoms with Crippen molar-refractivity contribution < 1.29 is 5.11 Å². The number of hydrogen-bond donors (Lipinski definition) is 2. The van der Waals surface area contributed by atoms with Gasteiger partial charge in [0.2, 0.25) is 0 Å². The van der Waals surface area contributed by atoms with Crippen LogP contribution in [-0.2, 0) is 0 Å². The molecule has 1 fully saturated rings. The topological polar surface area (TPSA) is 49.5 Å². The molecule has 0 bridgehead atoms. The van der Waals surface area contributed by atoms with Gasteiger partial charge in [-0.15, -0.1) is 0 Å². The average Bonchev–Trinajstić information content (AvgIpc) is 2.20. The highest BCUT2D eigenvalue weighted by Crippen LogP contribution is 2.01. The van der Waals surface area contributed by atoms with Gasteiger partial charge in [-0.05, 0) is 20.0 Å². The minimum atomic E-state index is 0.449. The number of likely N-dealkylation sites (N-methyl/N-ethyl adjacent to an activating group) is 1. The summed E-state index contributed by atoms with van der Waals surface area (Å²) in [4.78, 5) is 2.25. The normalized spacial score (nSPS) is 27.3. The van der Waals surface area contributed by atoms with E-state index in [0.717, 1.165) is 13.7 Å². The van der Waals surface area contributed by atoms with E-state index in [-0.39, 0.29) is 0 Å². The van der Waals surface area contributed by atoms with Gasteiger partial charge >= 0.3 is 0 Å². The van der Waals surface area contributed by atoms with Crippen LogP contribution in [0.1, 0.15) is 6.42 Å². The van der Waals surface area contributed by atoms with Crippen LogP contribution in [0.3, 0.4) is 0 Å². The summed E-state index contributed by atoms with van der Waals surface area (Å²) in [6.45, 7) is 2.27. The number of nitrogens with zero attached hydrogens (tertiary/aromatic N) is 1. The second kappa shape index (κ2) is 4.73. The minimum Gasteiger partial charge on any atom is -0.400 e. The van der Waals surface area contributed by atoms with Crippen LogP contribution in [-0.4, -0.2) is 43.3 Å². The van der Waals surface area contributed by atoms with Gasteiger partial charge in [0, 0.05) is 19.7 Å². The summed E-state index contributed by atoms with van der Waals surface area (Å²) >= 11 is 0. The van der Waals surface area contributed by atoms with E-state index in [4.69, 9.17) is 10.8 Å². The first-order valence-electron chi connectivity index (χ1n) is 3.18. The number of hydrogen-bond acceptors (Lipinski definition) is 3. The maximum absolute atomic E-state index is 7.00. The Bertz CT molecular complexity index is 60.1. The van der Waals surface area contributed by atoms with Crippen LogP contribution in [0.4, 0.5) is 0 Å². The Balaban J connectivity index is 0.000000291. The molecule has 0 aromatic carbocycles. The van der Waals surface area contributed by atoms with Gasteiger partial charge in [0.1, 0.15) is 0 Å². The Morgan fingerprint density at radius 1 is 1.56 bits per heavy atom. The number of likely N-dealkylation sites (tertiary alicyclic amines) is 1. The lowest BCUT2D eigenvalue weighted by molar-refractivity contribution is 0.399. The lowest BCUT2D eigenvalue weighted by Crippen LogP contribution is -2.23. The summed E-state index contributed by atoms with van der Waals surface area (Å²) in [5.74, 6) is 0. The van der Waals surface area contributed by atoms with Crippen LogP contribution >= 0.6 is 0 Å². The monoisotopic (exact) mass is 132 g/mol. The van der Waals surface area contributed by atoms with Crippen LogP contribution in [0, 0.1) is 0 Å². The van der Waals surface area contributed by atoms with E-state index in [1.807, 2.05) is 0 Å². The average molecular weight is 132 g/mol. The van der Waals surface area contributed by atoms with Crippen molar-refractivity contribution in [2.45, 2.75) is 12.5 Å². The minimum absolute atomic E-state index is 0.449. The van der Waals surface area contributed by atoms with Crippen molar-refractivity contribution in [3.8, 4) is 0 Å². The number of aliphatic hydroxyl groups excluding tert-OH is 1. The Labute approximate surface area is 56.5 Å². The van der Waals surface area contributed by atoms with Crippen LogP contribution < -0.4 is 5.73 Å². The second-order valence-electron chi connectivity index (χ2n) is 2.31. The molecule has 1 atom stereocenters. The van der Waals surface area contributed by atoms with E-state index in [1.54, 1.807) is 0 Å². The third kappa shape index (κ3) is 3.46. The molecule has 1 aliphatic heterocycles. The molecule has 1 rings (SSSR count). The first-order valence-corrected chi connectivity index (χ1v) is 3.18. The summed E-state index contributed by atoms with van der Waals surface area (Å²) < 4.78 is 0. The van der Waals surface area contributed by atoms with E-state index in [2.05, 4.69) is 11.9 Å². The van der Waals surface area contributed by atoms with Crippen molar-refractivity contribution >= 4 is 0 Å². The van der Waals surface area contributed by atoms with Crippen LogP contribution in [0.25, 0.3) is 0 Å². The molecule has 1 aliphatic rings. The van der Waals surface area contributed by atoms with E-state index in [0.29, 0.717) is 6.04 Å². The molecule has 56 valence electrons. The van der Waals surface area contributed by atoms with E-state index < -0.39 is 0 Å². The predicted molar refractivity (Wildman–Crippen MR) is 38.2 cm³/mol. The molecule has 0 spiro atoms. The summed E-state index contributed by atoms with van der Waals surface area (Å²) in [6, 6.07) is 0.449. The lowest BCUT2D eigenvalue weighted by Gasteiger charge is -2.03. The zero-order chi connectivity index (χ0) is 7.28. The predicted octanol–water partition coefficient (Wildman–Crippen LogP) is -0.742. The Morgan fingerprint density at radius 3 is 2.22 bits per heavy atom. The van der Waals surface area contributed by atoms with Crippen LogP contribution in [0.2, 0.25) is 0 Å². The quantitative estimate of drug-likeness (QED) is 0.456. The number of rotatable bonds is 0. The zero-order valence-corrected chi connectivity index (χ0v) is 6.17. The highest BCUT2D eigenvalue weighted by Gasteiger charge is 2.13. The van der Waals surface area contributed by atoms with Gasteiger partial charge in [-0.2, -0.15) is 0 Å². The van der Waals surface area contributed by atoms with E-state index in [1.165, 1.54) is 13.0 Å². The van der Waals surface area contributed by atoms with Gasteiger partial charge in [0.25, 0.3) is 0 Å². The van der Waals surface area contributed by atoms with Gasteiger partial charge in [0.05, 0.1) is 0 Å². The summed E-state index contributed by atoms with van der Waals surface area (Å²) in [5.41, 5.74) is 5.58. The molecule has 0 saturated carbocycles. The molecule has 0 aliphatic carbocycles. The number of nitrogens with two attached hydrogens (primary N) is 1. The van der Waals surface area contributed by atoms with Crippen LogP contribution in [0.15, 0.2) is 0 Å². The third-order valence-electron chi connectivity index (χ3n) is 1.43. The zero-order valence-electron chi connectivity index (χ0n) is 6.17. The molecule has 1 heterocycles. The molecule has 0 aromatic rings. The fourth-order valence-electron chi connectivity index (χ4n) is 0.969. The summed E-state index contributed by atoms with van der Waals surface area (Å²) in [6.07, 6.45) is 1.18. The molecule has 0 amide bonds. The van der Waals surface area contributed by atoms with Gasteiger partial charge in [-0.1, -0.05) is 0 Å². The summed E-state index contributed by atoms with van der Waals surface area (Å²) in [7, 11) is 3.10. The van der Waals surface area contributed by atoms with E-state index >= 15 is 0 Å². The van der Waals surface area contributed by atoms with Gasteiger partial charge in [-0.25, -0.2) is 0 Å². The first-order chi connectivity index (χ1) is 4.29. The Morgan fingerprint density at radius 2 is 2.11 bits per heavy atom. The Kier molecular flexibility index (Phi) is 4.67. The molecule has 1 unspecified atom stereocenters. The maximum Gasteiger partial charge on any atom is 0.0319 e. The highest BCUT2D eigenvalue weighted by atomic mass is 16.2. The molecule has 3 N–H and O–H groups in total. The molecule has 3 heteroatoms. The molecular formula is C6H16N2O. The fraction of sp³-hybridized carbons (Fsp3) is 1.00. The SMILES string of the molecule is CN1CCC(N)C1.CO. The number of aliphatic hydroxyl groups is 1. The van der Waals surface area contributed by atoms with E-state index in [9.17, 15) is 0 Å². The van der Waals surface area contributed by atoms with Crippen molar-refractivity contribution in [3.05, 3.63) is 0 Å². The largest absolute Gasteiger partial charge is 0.400 e. The molecule has 9 heavy (non-hydrogen) atoms. The third-order valence-corrected chi connectivity index (χ3v) is 1.43. The Hall–Kier alpha value is -0.120. The van der Waals surface area contributed by atoms with Crippen molar-refractivity contribution in [2.75, 3.05) is 27.2 Å². The maximum atomic E-state index is 7.00. The second-order valence-corrected chi connectivity index (χ2v) is 2.31. The lowest BCUT2D eigenvalue weighted by atomic mass is 10.3. The van der Waals surface area contributed by atoms with Gasteiger partial charge in [0.15, 0.2) is 0 Å².